The van der Waals surface area contributed by atoms with Crippen molar-refractivity contribution < 1.29 is 4.74 Å². The van der Waals surface area contributed by atoms with Crippen molar-refractivity contribution in [2.45, 2.75) is 58.7 Å². The van der Waals surface area contributed by atoms with Crippen molar-refractivity contribution in [3.63, 3.8) is 0 Å². The van der Waals surface area contributed by atoms with Gasteiger partial charge in [-0.3, -0.25) is 9.69 Å². The van der Waals surface area contributed by atoms with E-state index in [0.29, 0.717) is 31.6 Å². The number of anilines is 1. The van der Waals surface area contributed by atoms with Crippen LogP contribution >= 0.6 is 0 Å². The summed E-state index contributed by atoms with van der Waals surface area (Å²) in [6, 6.07) is 2.08. The van der Waals surface area contributed by atoms with Gasteiger partial charge in [-0.1, -0.05) is 6.42 Å². The van der Waals surface area contributed by atoms with Gasteiger partial charge in [0.1, 0.15) is 12.1 Å². The third kappa shape index (κ3) is 4.12. The highest BCUT2D eigenvalue weighted by atomic mass is 16.5. The highest BCUT2D eigenvalue weighted by Gasteiger charge is 2.23. The molecule has 1 saturated heterocycles. The number of aromatic nitrogens is 6. The van der Waals surface area contributed by atoms with E-state index in [0.717, 1.165) is 60.8 Å². The number of nitrogens with one attached hydrogen (secondary N) is 1. The number of hydrogen-bond donors (Lipinski definition) is 1. The summed E-state index contributed by atoms with van der Waals surface area (Å²) in [4.78, 5) is 23.7. The molecule has 1 unspecified atom stereocenters. The molecule has 2 aliphatic rings. The first-order valence-corrected chi connectivity index (χ1v) is 11.4. The van der Waals surface area contributed by atoms with E-state index in [9.17, 15) is 4.79 Å². The molecular weight excluding hydrogens is 408 g/mol. The molecule has 5 rings (SSSR count). The number of rotatable bonds is 6. The summed E-state index contributed by atoms with van der Waals surface area (Å²) in [6.07, 6.45) is 5.83. The van der Waals surface area contributed by atoms with Crippen LogP contribution in [0.15, 0.2) is 17.2 Å². The van der Waals surface area contributed by atoms with Crippen molar-refractivity contribution in [3.05, 3.63) is 45.3 Å². The Morgan fingerprint density at radius 1 is 1.25 bits per heavy atom. The van der Waals surface area contributed by atoms with Gasteiger partial charge in [-0.2, -0.15) is 19.7 Å². The fourth-order valence-electron chi connectivity index (χ4n) is 4.68. The lowest BCUT2D eigenvalue weighted by atomic mass is 10.0. The molecule has 3 aromatic heterocycles. The second-order valence-electron chi connectivity index (χ2n) is 8.69. The van der Waals surface area contributed by atoms with E-state index in [1.807, 2.05) is 6.92 Å². The number of fused-ring (bicyclic) bond motifs is 2. The third-order valence-electron chi connectivity index (χ3n) is 6.67. The Balaban J connectivity index is 1.28. The monoisotopic (exact) mass is 438 g/mol. The van der Waals surface area contributed by atoms with Crippen molar-refractivity contribution in [2.75, 3.05) is 31.6 Å². The zero-order valence-electron chi connectivity index (χ0n) is 18.8. The molecule has 170 valence electrons. The molecule has 0 bridgehead atoms. The van der Waals surface area contributed by atoms with Crippen LogP contribution in [-0.4, -0.2) is 66.5 Å². The molecule has 1 atom stereocenters. The van der Waals surface area contributed by atoms with Gasteiger partial charge in [0, 0.05) is 48.4 Å². The predicted octanol–water partition coefficient (Wildman–Crippen LogP) is 1.34. The molecule has 10 heteroatoms. The van der Waals surface area contributed by atoms with E-state index < -0.39 is 0 Å². The first-order valence-electron chi connectivity index (χ1n) is 11.4. The molecule has 2 aliphatic heterocycles. The molecule has 32 heavy (non-hydrogen) atoms. The molecule has 1 N–H and O–H groups in total. The van der Waals surface area contributed by atoms with Gasteiger partial charge in [0.25, 0.3) is 11.3 Å². The van der Waals surface area contributed by atoms with E-state index >= 15 is 0 Å². The molecule has 1 fully saturated rings. The number of likely N-dealkylation sites (tertiary alicyclic amines) is 1. The second kappa shape index (κ2) is 8.95. The molecule has 0 aromatic carbocycles. The summed E-state index contributed by atoms with van der Waals surface area (Å²) >= 11 is 0. The summed E-state index contributed by atoms with van der Waals surface area (Å²) in [7, 11) is 0. The van der Waals surface area contributed by atoms with Crippen LogP contribution in [0.25, 0.3) is 5.78 Å². The lowest BCUT2D eigenvalue weighted by molar-refractivity contribution is 0.107. The molecule has 0 saturated carbocycles. The molecule has 5 heterocycles. The maximum atomic E-state index is 12.5. The standard InChI is InChI=1S/C22H30N8O2/c1-15-16(2)26-22-24-14-25-30(22)21(15)23-12-18-5-3-4-7-28(18)8-9-29-20(31)11-17-13-32-10-6-19(17)27-29/h11,14,18,23H,3-10,12-13H2,1-2H3. The SMILES string of the molecule is Cc1nc2ncnn2c(NCC2CCCCN2CCn2nc3c(cc2=O)COCC3)c1C. The van der Waals surface area contributed by atoms with Crippen molar-refractivity contribution in [1.29, 1.82) is 0 Å². The van der Waals surface area contributed by atoms with Crippen LogP contribution in [-0.2, 0) is 24.3 Å². The van der Waals surface area contributed by atoms with E-state index in [-0.39, 0.29) is 5.56 Å². The molecule has 10 nitrogen and oxygen atoms in total. The Hall–Kier alpha value is -2.85. The van der Waals surface area contributed by atoms with Crippen molar-refractivity contribution in [3.8, 4) is 0 Å². The molecule has 0 spiro atoms. The van der Waals surface area contributed by atoms with Gasteiger partial charge in [-0.25, -0.2) is 9.67 Å². The van der Waals surface area contributed by atoms with Gasteiger partial charge in [-0.05, 0) is 33.2 Å². The lowest BCUT2D eigenvalue weighted by Crippen LogP contribution is -2.46. The van der Waals surface area contributed by atoms with E-state index in [1.54, 1.807) is 15.3 Å². The number of nitrogens with zero attached hydrogens (tertiary/aromatic N) is 7. The minimum Gasteiger partial charge on any atom is -0.376 e. The quantitative estimate of drug-likeness (QED) is 0.615. The van der Waals surface area contributed by atoms with Gasteiger partial charge in [0.15, 0.2) is 0 Å². The first-order chi connectivity index (χ1) is 15.6. The van der Waals surface area contributed by atoms with Crippen LogP contribution in [0, 0.1) is 13.8 Å². The Bertz CT molecular complexity index is 1170. The number of ether oxygens (including phenoxy) is 1. The summed E-state index contributed by atoms with van der Waals surface area (Å²) in [5, 5.41) is 12.6. The van der Waals surface area contributed by atoms with E-state index in [1.165, 1.54) is 19.2 Å². The van der Waals surface area contributed by atoms with E-state index in [2.05, 4.69) is 37.3 Å². The average molecular weight is 439 g/mol. The van der Waals surface area contributed by atoms with Crippen molar-refractivity contribution >= 4 is 11.6 Å². The first kappa shape index (κ1) is 21.0. The summed E-state index contributed by atoms with van der Waals surface area (Å²) in [6.45, 7) is 8.47. The molecule has 0 radical (unpaired) electrons. The smallest absolute Gasteiger partial charge is 0.267 e. The Morgan fingerprint density at radius 3 is 3.06 bits per heavy atom. The highest BCUT2D eigenvalue weighted by Crippen LogP contribution is 2.21. The maximum Gasteiger partial charge on any atom is 0.267 e. The zero-order chi connectivity index (χ0) is 22.1. The van der Waals surface area contributed by atoms with Crippen molar-refractivity contribution in [1.82, 2.24) is 34.3 Å². The summed E-state index contributed by atoms with van der Waals surface area (Å²) in [5.74, 6) is 1.56. The minimum absolute atomic E-state index is 0.0441. The van der Waals surface area contributed by atoms with Gasteiger partial charge in [0.05, 0.1) is 25.5 Å². The maximum absolute atomic E-state index is 12.5. The van der Waals surface area contributed by atoms with Crippen LogP contribution in [0.4, 0.5) is 5.82 Å². The number of hydrogen-bond acceptors (Lipinski definition) is 8. The van der Waals surface area contributed by atoms with Gasteiger partial charge in [0.2, 0.25) is 0 Å². The average Bonchev–Trinajstić information content (AvgIpc) is 3.26. The largest absolute Gasteiger partial charge is 0.376 e. The van der Waals surface area contributed by atoms with Gasteiger partial charge >= 0.3 is 0 Å². The molecule has 0 aliphatic carbocycles. The second-order valence-corrected chi connectivity index (χ2v) is 8.69. The van der Waals surface area contributed by atoms with Crippen LogP contribution in [0.2, 0.25) is 0 Å². The lowest BCUT2D eigenvalue weighted by Gasteiger charge is -2.36. The third-order valence-corrected chi connectivity index (χ3v) is 6.67. The normalized spacial score (nSPS) is 19.2. The number of piperidine rings is 1. The van der Waals surface area contributed by atoms with Crippen LogP contribution in [0.1, 0.15) is 41.8 Å². The molecule has 0 amide bonds. The fraction of sp³-hybridized carbons (Fsp3) is 0.591. The Labute approximate surface area is 186 Å². The summed E-state index contributed by atoms with van der Waals surface area (Å²) in [5.41, 5.74) is 3.92. The minimum atomic E-state index is -0.0441. The zero-order valence-corrected chi connectivity index (χ0v) is 18.8. The fourth-order valence-corrected chi connectivity index (χ4v) is 4.68. The van der Waals surface area contributed by atoms with Gasteiger partial charge in [-0.15, -0.1) is 0 Å². The Morgan fingerprint density at radius 2 is 2.16 bits per heavy atom. The van der Waals surface area contributed by atoms with Crippen molar-refractivity contribution in [2.24, 2.45) is 0 Å². The predicted molar refractivity (Wildman–Crippen MR) is 120 cm³/mol. The van der Waals surface area contributed by atoms with Crippen LogP contribution in [0.3, 0.4) is 0 Å². The van der Waals surface area contributed by atoms with Gasteiger partial charge < -0.3 is 10.1 Å². The van der Waals surface area contributed by atoms with Crippen LogP contribution in [0.5, 0.6) is 0 Å². The highest BCUT2D eigenvalue weighted by molar-refractivity contribution is 5.51. The van der Waals surface area contributed by atoms with Crippen LogP contribution < -0.4 is 10.9 Å². The Kier molecular flexibility index (Phi) is 5.88. The molecular formula is C22H30N8O2. The number of aryl methyl sites for hydroxylation is 1. The summed E-state index contributed by atoms with van der Waals surface area (Å²) < 4.78 is 8.84. The van der Waals surface area contributed by atoms with E-state index in [4.69, 9.17) is 4.74 Å². The topological polar surface area (TPSA) is 102 Å². The molecule has 3 aromatic rings.